The van der Waals surface area contributed by atoms with Gasteiger partial charge in [0.2, 0.25) is 5.88 Å². The van der Waals surface area contributed by atoms with Crippen LogP contribution in [0.4, 0.5) is 0 Å². The van der Waals surface area contributed by atoms with Crippen LogP contribution in [0.1, 0.15) is 5.56 Å². The summed E-state index contributed by atoms with van der Waals surface area (Å²) in [5.41, 5.74) is 6.79. The molecule has 2 aromatic rings. The minimum atomic E-state index is 0.304. The maximum Gasteiger partial charge on any atom is 0.232 e. The number of halogens is 2. The molecule has 0 unspecified atom stereocenters. The Labute approximate surface area is 162 Å². The minimum Gasteiger partial charge on any atom is -0.493 e. The SMILES string of the molecule is COc1ccc(CN=C(N)NCCOc2ncc(Cl)cc2Cl)cc1OC. The fourth-order valence-corrected chi connectivity index (χ4v) is 2.48. The van der Waals surface area contributed by atoms with Gasteiger partial charge in [-0.25, -0.2) is 9.98 Å². The molecule has 0 amide bonds. The molecule has 1 aromatic heterocycles. The summed E-state index contributed by atoms with van der Waals surface area (Å²) in [6, 6.07) is 7.14. The van der Waals surface area contributed by atoms with E-state index in [4.69, 9.17) is 43.1 Å². The van der Waals surface area contributed by atoms with Crippen LogP contribution < -0.4 is 25.3 Å². The average Bonchev–Trinajstić information content (AvgIpc) is 2.64. The van der Waals surface area contributed by atoms with E-state index < -0.39 is 0 Å². The largest absolute Gasteiger partial charge is 0.493 e. The van der Waals surface area contributed by atoms with Crippen LogP contribution >= 0.6 is 23.2 Å². The Balaban J connectivity index is 1.79. The summed E-state index contributed by atoms with van der Waals surface area (Å²) in [4.78, 5) is 8.27. The summed E-state index contributed by atoms with van der Waals surface area (Å²) < 4.78 is 15.9. The third-order valence-corrected chi connectivity index (χ3v) is 3.78. The van der Waals surface area contributed by atoms with Crippen molar-refractivity contribution in [2.45, 2.75) is 6.54 Å². The smallest absolute Gasteiger partial charge is 0.232 e. The molecule has 140 valence electrons. The number of pyridine rings is 1. The van der Waals surface area contributed by atoms with E-state index in [-0.39, 0.29) is 0 Å². The summed E-state index contributed by atoms with van der Waals surface area (Å²) in [7, 11) is 3.18. The van der Waals surface area contributed by atoms with Gasteiger partial charge in [-0.05, 0) is 23.8 Å². The van der Waals surface area contributed by atoms with Gasteiger partial charge in [0.1, 0.15) is 11.6 Å². The first-order chi connectivity index (χ1) is 12.5. The van der Waals surface area contributed by atoms with E-state index >= 15 is 0 Å². The molecule has 2 rings (SSSR count). The number of nitrogens with two attached hydrogens (primary N) is 1. The molecule has 0 saturated carbocycles. The summed E-state index contributed by atoms with van der Waals surface area (Å²) in [6.07, 6.45) is 1.47. The number of guanidine groups is 1. The molecule has 0 atom stereocenters. The van der Waals surface area contributed by atoms with Crippen molar-refractivity contribution >= 4 is 29.2 Å². The van der Waals surface area contributed by atoms with Crippen LogP contribution in [0.5, 0.6) is 17.4 Å². The van der Waals surface area contributed by atoms with Crippen LogP contribution in [-0.2, 0) is 6.54 Å². The highest BCUT2D eigenvalue weighted by atomic mass is 35.5. The lowest BCUT2D eigenvalue weighted by Crippen LogP contribution is -2.34. The molecule has 0 radical (unpaired) electrons. The third kappa shape index (κ3) is 5.86. The minimum absolute atomic E-state index is 0.304. The van der Waals surface area contributed by atoms with Gasteiger partial charge in [0, 0.05) is 6.20 Å². The monoisotopic (exact) mass is 398 g/mol. The van der Waals surface area contributed by atoms with Gasteiger partial charge in [-0.2, -0.15) is 0 Å². The Hall–Kier alpha value is -2.38. The van der Waals surface area contributed by atoms with Crippen LogP contribution in [0, 0.1) is 0 Å². The number of ether oxygens (including phenoxy) is 3. The Morgan fingerprint density at radius 2 is 1.96 bits per heavy atom. The van der Waals surface area contributed by atoms with Gasteiger partial charge in [0.05, 0.1) is 32.3 Å². The Bertz CT molecular complexity index is 772. The normalized spacial score (nSPS) is 11.2. The predicted octanol–water partition coefficient (Wildman–Crippen LogP) is 2.89. The molecule has 3 N–H and O–H groups in total. The Morgan fingerprint density at radius 1 is 1.19 bits per heavy atom. The molecule has 0 spiro atoms. The van der Waals surface area contributed by atoms with Crippen molar-refractivity contribution in [3.8, 4) is 17.4 Å². The van der Waals surface area contributed by atoms with Crippen LogP contribution in [0.3, 0.4) is 0 Å². The maximum absolute atomic E-state index is 5.97. The highest BCUT2D eigenvalue weighted by Crippen LogP contribution is 2.27. The second-order valence-corrected chi connectivity index (χ2v) is 5.95. The number of hydrogen-bond acceptors (Lipinski definition) is 5. The number of aromatic nitrogens is 1. The van der Waals surface area contributed by atoms with Crippen LogP contribution in [0.25, 0.3) is 0 Å². The van der Waals surface area contributed by atoms with Crippen molar-refractivity contribution < 1.29 is 14.2 Å². The maximum atomic E-state index is 5.97. The number of methoxy groups -OCH3 is 2. The molecule has 0 aliphatic heterocycles. The zero-order valence-electron chi connectivity index (χ0n) is 14.5. The van der Waals surface area contributed by atoms with E-state index in [1.165, 1.54) is 6.20 Å². The van der Waals surface area contributed by atoms with Gasteiger partial charge < -0.3 is 25.3 Å². The van der Waals surface area contributed by atoms with Gasteiger partial charge >= 0.3 is 0 Å². The second kappa shape index (κ2) is 9.94. The Kier molecular flexibility index (Phi) is 7.62. The van der Waals surface area contributed by atoms with Crippen molar-refractivity contribution in [3.63, 3.8) is 0 Å². The topological polar surface area (TPSA) is 91.0 Å². The lowest BCUT2D eigenvalue weighted by molar-refractivity contribution is 0.310. The zero-order chi connectivity index (χ0) is 18.9. The molecule has 0 saturated heterocycles. The van der Waals surface area contributed by atoms with Crippen molar-refractivity contribution in [1.82, 2.24) is 10.3 Å². The first-order valence-electron chi connectivity index (χ1n) is 7.72. The van der Waals surface area contributed by atoms with Crippen LogP contribution in [0.2, 0.25) is 10.0 Å². The molecule has 26 heavy (non-hydrogen) atoms. The van der Waals surface area contributed by atoms with Crippen molar-refractivity contribution in [1.29, 1.82) is 0 Å². The van der Waals surface area contributed by atoms with Gasteiger partial charge in [0.25, 0.3) is 0 Å². The molecule has 9 heteroatoms. The van der Waals surface area contributed by atoms with Crippen molar-refractivity contribution in [3.05, 3.63) is 46.1 Å². The summed E-state index contributed by atoms with van der Waals surface area (Å²) in [5, 5.41) is 3.76. The standard InChI is InChI=1S/C17H20Cl2N4O3/c1-24-14-4-3-11(7-15(14)25-2)9-23-17(20)21-5-6-26-16-13(19)8-12(18)10-22-16/h3-4,7-8,10H,5-6,9H2,1-2H3,(H3,20,21,23). The zero-order valence-corrected chi connectivity index (χ0v) is 16.0. The molecule has 1 heterocycles. The fourth-order valence-electron chi connectivity index (χ4n) is 2.05. The summed E-state index contributed by atoms with van der Waals surface area (Å²) >= 11 is 11.8. The highest BCUT2D eigenvalue weighted by Gasteiger charge is 2.05. The van der Waals surface area contributed by atoms with E-state index in [1.54, 1.807) is 20.3 Å². The highest BCUT2D eigenvalue weighted by molar-refractivity contribution is 6.35. The van der Waals surface area contributed by atoms with Crippen LogP contribution in [-0.4, -0.2) is 38.3 Å². The Morgan fingerprint density at radius 3 is 2.65 bits per heavy atom. The van der Waals surface area contributed by atoms with Crippen molar-refractivity contribution in [2.24, 2.45) is 10.7 Å². The van der Waals surface area contributed by atoms with Gasteiger partial charge in [0.15, 0.2) is 17.5 Å². The first-order valence-corrected chi connectivity index (χ1v) is 8.47. The number of benzene rings is 1. The first kappa shape index (κ1) is 19.9. The van der Waals surface area contributed by atoms with E-state index in [0.717, 1.165) is 5.56 Å². The summed E-state index contributed by atoms with van der Waals surface area (Å²) in [5.74, 6) is 1.93. The lowest BCUT2D eigenvalue weighted by atomic mass is 10.2. The van der Waals surface area contributed by atoms with E-state index in [0.29, 0.717) is 53.1 Å². The number of rotatable bonds is 8. The molecule has 0 fully saturated rings. The lowest BCUT2D eigenvalue weighted by Gasteiger charge is -2.10. The molecular formula is C17H20Cl2N4O3. The molecule has 1 aromatic carbocycles. The quantitative estimate of drug-likeness (QED) is 0.403. The van der Waals surface area contributed by atoms with Crippen molar-refractivity contribution in [2.75, 3.05) is 27.4 Å². The number of nitrogens with one attached hydrogen (secondary N) is 1. The average molecular weight is 399 g/mol. The molecule has 0 aliphatic carbocycles. The molecule has 0 bridgehead atoms. The van der Waals surface area contributed by atoms with Gasteiger partial charge in [-0.1, -0.05) is 29.3 Å². The molecule has 7 nitrogen and oxygen atoms in total. The van der Waals surface area contributed by atoms with Gasteiger partial charge in [-0.3, -0.25) is 0 Å². The molecule has 0 aliphatic rings. The molecular weight excluding hydrogens is 379 g/mol. The number of hydrogen-bond donors (Lipinski definition) is 2. The van der Waals surface area contributed by atoms with Crippen LogP contribution in [0.15, 0.2) is 35.5 Å². The predicted molar refractivity (Wildman–Crippen MR) is 103 cm³/mol. The second-order valence-electron chi connectivity index (χ2n) is 5.11. The van der Waals surface area contributed by atoms with E-state index in [2.05, 4.69) is 15.3 Å². The number of nitrogens with zero attached hydrogens (tertiary/aromatic N) is 2. The number of aliphatic imine (C=N–C) groups is 1. The van der Waals surface area contributed by atoms with E-state index in [9.17, 15) is 0 Å². The summed E-state index contributed by atoms with van der Waals surface area (Å²) in [6.45, 7) is 1.17. The fraction of sp³-hybridized carbons (Fsp3) is 0.294. The third-order valence-electron chi connectivity index (χ3n) is 3.30. The van der Waals surface area contributed by atoms with Gasteiger partial charge in [-0.15, -0.1) is 0 Å². The van der Waals surface area contributed by atoms with E-state index in [1.807, 2.05) is 18.2 Å².